The van der Waals surface area contributed by atoms with Gasteiger partial charge in [-0.1, -0.05) is 13.8 Å². The Morgan fingerprint density at radius 1 is 1.22 bits per heavy atom. The van der Waals surface area contributed by atoms with Crippen molar-refractivity contribution < 1.29 is 17.9 Å². The van der Waals surface area contributed by atoms with E-state index in [9.17, 15) is 13.2 Å². The third kappa shape index (κ3) is 3.84. The van der Waals surface area contributed by atoms with E-state index in [0.29, 0.717) is 12.2 Å². The molecule has 5 heteroatoms. The highest BCUT2D eigenvalue weighted by Gasteiger charge is 2.17. The fourth-order valence-electron chi connectivity index (χ4n) is 1.55. The van der Waals surface area contributed by atoms with Crippen molar-refractivity contribution in [3.63, 3.8) is 0 Å². The van der Waals surface area contributed by atoms with Crippen molar-refractivity contribution in [1.29, 1.82) is 0 Å². The van der Waals surface area contributed by atoms with Crippen LogP contribution in [0.5, 0.6) is 0 Å². The van der Waals surface area contributed by atoms with Crippen molar-refractivity contribution in [3.05, 3.63) is 29.8 Å². The summed E-state index contributed by atoms with van der Waals surface area (Å²) in [6, 6.07) is 5.85. The first-order valence-electron chi connectivity index (χ1n) is 5.86. The molecule has 1 rings (SSSR count). The molecule has 0 unspecified atom stereocenters. The van der Waals surface area contributed by atoms with Gasteiger partial charge in [0.05, 0.1) is 22.8 Å². The maximum atomic E-state index is 11.9. The average molecular weight is 270 g/mol. The topological polar surface area (TPSA) is 60.4 Å². The van der Waals surface area contributed by atoms with Crippen LogP contribution in [0.1, 0.15) is 31.1 Å². The molecule has 0 radical (unpaired) electrons. The summed E-state index contributed by atoms with van der Waals surface area (Å²) in [4.78, 5) is 11.7. The molecule has 0 heterocycles. The SMILES string of the molecule is CCOC(=O)c1ccc(S(=O)(=O)CC(C)C)cc1. The summed E-state index contributed by atoms with van der Waals surface area (Å²) in [5, 5.41) is 0. The molecule has 0 aromatic heterocycles. The molecule has 100 valence electrons. The highest BCUT2D eigenvalue weighted by Crippen LogP contribution is 2.15. The van der Waals surface area contributed by atoms with Gasteiger partial charge in [0.15, 0.2) is 9.84 Å². The number of hydrogen-bond acceptors (Lipinski definition) is 4. The minimum atomic E-state index is -3.27. The lowest BCUT2D eigenvalue weighted by Gasteiger charge is -2.07. The zero-order chi connectivity index (χ0) is 13.8. The van der Waals surface area contributed by atoms with Gasteiger partial charge < -0.3 is 4.74 Å². The lowest BCUT2D eigenvalue weighted by atomic mass is 10.2. The Morgan fingerprint density at radius 2 is 1.78 bits per heavy atom. The van der Waals surface area contributed by atoms with Gasteiger partial charge in [0.25, 0.3) is 0 Å². The molecule has 18 heavy (non-hydrogen) atoms. The van der Waals surface area contributed by atoms with E-state index < -0.39 is 15.8 Å². The zero-order valence-electron chi connectivity index (χ0n) is 10.8. The second-order valence-electron chi connectivity index (χ2n) is 4.42. The molecule has 1 aromatic rings. The van der Waals surface area contributed by atoms with Crippen LogP contribution in [0, 0.1) is 5.92 Å². The average Bonchev–Trinajstić information content (AvgIpc) is 2.28. The van der Waals surface area contributed by atoms with Gasteiger partial charge in [0.2, 0.25) is 0 Å². The summed E-state index contributed by atoms with van der Waals surface area (Å²) in [5.74, 6) is -0.267. The van der Waals surface area contributed by atoms with Crippen molar-refractivity contribution in [2.45, 2.75) is 25.7 Å². The highest BCUT2D eigenvalue weighted by molar-refractivity contribution is 7.91. The lowest BCUT2D eigenvalue weighted by molar-refractivity contribution is 0.0526. The maximum absolute atomic E-state index is 11.9. The second kappa shape index (κ2) is 6.00. The fourth-order valence-corrected chi connectivity index (χ4v) is 3.17. The van der Waals surface area contributed by atoms with E-state index in [0.717, 1.165) is 0 Å². The van der Waals surface area contributed by atoms with Crippen LogP contribution in [-0.4, -0.2) is 26.7 Å². The molecule has 0 amide bonds. The number of hydrogen-bond donors (Lipinski definition) is 0. The molecule has 0 saturated heterocycles. The fraction of sp³-hybridized carbons (Fsp3) is 0.462. The first-order valence-corrected chi connectivity index (χ1v) is 7.52. The molecule has 0 aliphatic carbocycles. The van der Waals surface area contributed by atoms with Crippen LogP contribution in [-0.2, 0) is 14.6 Å². The monoisotopic (exact) mass is 270 g/mol. The molecule has 0 saturated carbocycles. The molecule has 0 atom stereocenters. The first-order chi connectivity index (χ1) is 8.36. The molecule has 0 aliphatic heterocycles. The maximum Gasteiger partial charge on any atom is 0.338 e. The van der Waals surface area contributed by atoms with E-state index >= 15 is 0 Å². The largest absolute Gasteiger partial charge is 0.462 e. The van der Waals surface area contributed by atoms with Crippen LogP contribution in [0.4, 0.5) is 0 Å². The summed E-state index contributed by atoms with van der Waals surface area (Å²) >= 11 is 0. The smallest absolute Gasteiger partial charge is 0.338 e. The van der Waals surface area contributed by atoms with Crippen LogP contribution in [0.25, 0.3) is 0 Å². The summed E-state index contributed by atoms with van der Waals surface area (Å²) < 4.78 is 28.7. The summed E-state index contributed by atoms with van der Waals surface area (Å²) in [6.07, 6.45) is 0. The van der Waals surface area contributed by atoms with Gasteiger partial charge in [-0.15, -0.1) is 0 Å². The molecule has 0 aliphatic rings. The van der Waals surface area contributed by atoms with E-state index in [2.05, 4.69) is 0 Å². The number of sulfone groups is 1. The molecule has 0 spiro atoms. The first kappa shape index (κ1) is 14.7. The Labute approximate surface area is 108 Å². The van der Waals surface area contributed by atoms with Crippen molar-refractivity contribution in [2.24, 2.45) is 5.92 Å². The molecular formula is C13H18O4S. The number of benzene rings is 1. The normalized spacial score (nSPS) is 11.6. The summed E-state index contributed by atoms with van der Waals surface area (Å²) in [7, 11) is -3.27. The van der Waals surface area contributed by atoms with Crippen molar-refractivity contribution in [3.8, 4) is 0 Å². The van der Waals surface area contributed by atoms with Crippen LogP contribution >= 0.6 is 0 Å². The summed E-state index contributed by atoms with van der Waals surface area (Å²) in [6.45, 7) is 5.72. The van der Waals surface area contributed by atoms with Crippen LogP contribution < -0.4 is 0 Å². The van der Waals surface area contributed by atoms with Gasteiger partial charge in [0, 0.05) is 0 Å². The minimum Gasteiger partial charge on any atom is -0.462 e. The second-order valence-corrected chi connectivity index (χ2v) is 6.45. The van der Waals surface area contributed by atoms with Gasteiger partial charge in [-0.2, -0.15) is 0 Å². The molecule has 1 aromatic carbocycles. The predicted molar refractivity (Wildman–Crippen MR) is 69.3 cm³/mol. The molecular weight excluding hydrogens is 252 g/mol. The van der Waals surface area contributed by atoms with Gasteiger partial charge in [-0.05, 0) is 37.1 Å². The molecule has 4 nitrogen and oxygen atoms in total. The summed E-state index contributed by atoms with van der Waals surface area (Å²) in [5.41, 5.74) is 0.361. The number of esters is 1. The van der Waals surface area contributed by atoms with Crippen molar-refractivity contribution in [1.82, 2.24) is 0 Å². The Bertz CT molecular complexity index is 500. The van der Waals surface area contributed by atoms with Gasteiger partial charge in [0.1, 0.15) is 0 Å². The van der Waals surface area contributed by atoms with Gasteiger partial charge in [-0.3, -0.25) is 0 Å². The number of carbonyl (C=O) groups is 1. The number of ether oxygens (including phenoxy) is 1. The van der Waals surface area contributed by atoms with Crippen LogP contribution in [0.3, 0.4) is 0 Å². The van der Waals surface area contributed by atoms with Crippen LogP contribution in [0.15, 0.2) is 29.2 Å². The number of rotatable bonds is 5. The third-order valence-corrected chi connectivity index (χ3v) is 4.37. The quantitative estimate of drug-likeness (QED) is 0.770. The van der Waals surface area contributed by atoms with E-state index in [4.69, 9.17) is 4.74 Å². The van der Waals surface area contributed by atoms with Crippen LogP contribution in [0.2, 0.25) is 0 Å². The molecule has 0 N–H and O–H groups in total. The van der Waals surface area contributed by atoms with E-state index in [1.807, 2.05) is 13.8 Å². The molecule has 0 bridgehead atoms. The Balaban J connectivity index is 2.92. The van der Waals surface area contributed by atoms with Gasteiger partial charge in [-0.25, -0.2) is 13.2 Å². The highest BCUT2D eigenvalue weighted by atomic mass is 32.2. The Kier molecular flexibility index (Phi) is 4.90. The Morgan fingerprint density at radius 3 is 2.22 bits per heavy atom. The van der Waals surface area contributed by atoms with Gasteiger partial charge >= 0.3 is 5.97 Å². The number of carbonyl (C=O) groups excluding carboxylic acids is 1. The minimum absolute atomic E-state index is 0.0692. The lowest BCUT2D eigenvalue weighted by Crippen LogP contribution is -2.12. The van der Waals surface area contributed by atoms with Crippen molar-refractivity contribution >= 4 is 15.8 Å². The van der Waals surface area contributed by atoms with E-state index in [1.165, 1.54) is 24.3 Å². The third-order valence-electron chi connectivity index (χ3n) is 2.28. The predicted octanol–water partition coefficient (Wildman–Crippen LogP) is 2.29. The molecule has 0 fully saturated rings. The van der Waals surface area contributed by atoms with Crippen molar-refractivity contribution in [2.75, 3.05) is 12.4 Å². The standard InChI is InChI=1S/C13H18O4S/c1-4-17-13(14)11-5-7-12(8-6-11)18(15,16)9-10(2)3/h5-8,10H,4,9H2,1-3H3. The van der Waals surface area contributed by atoms with E-state index in [1.54, 1.807) is 6.92 Å². The van der Waals surface area contributed by atoms with E-state index in [-0.39, 0.29) is 16.6 Å². The Hall–Kier alpha value is -1.36. The zero-order valence-corrected chi connectivity index (χ0v) is 11.7.